The summed E-state index contributed by atoms with van der Waals surface area (Å²) in [6, 6.07) is 0.0140. The lowest BCUT2D eigenvalue weighted by atomic mass is 9.91. The first-order valence-electron chi connectivity index (χ1n) is 7.36. The molecule has 2 heterocycles. The van der Waals surface area contributed by atoms with E-state index < -0.39 is 0 Å². The zero-order valence-electron chi connectivity index (χ0n) is 11.7. The van der Waals surface area contributed by atoms with Gasteiger partial charge in [-0.15, -0.1) is 0 Å². The van der Waals surface area contributed by atoms with E-state index in [1.807, 2.05) is 4.90 Å². The molecule has 1 amide bonds. The average Bonchev–Trinajstić information content (AvgIpc) is 2.88. The summed E-state index contributed by atoms with van der Waals surface area (Å²) in [5.74, 6) is 0.713. The number of ether oxygens (including phenoxy) is 1. The zero-order valence-corrected chi connectivity index (χ0v) is 11.7. The van der Waals surface area contributed by atoms with Crippen LogP contribution in [0, 0.1) is 5.92 Å². The third kappa shape index (κ3) is 3.23. The molecular weight excluding hydrogens is 228 g/mol. The SMILES string of the molecule is CCN(CC1CCCO1)C(=O)C1NCCCC1C. The summed E-state index contributed by atoms with van der Waals surface area (Å²) in [6.45, 7) is 7.60. The molecule has 0 saturated carbocycles. The van der Waals surface area contributed by atoms with E-state index in [-0.39, 0.29) is 18.1 Å². The van der Waals surface area contributed by atoms with Gasteiger partial charge in [0.05, 0.1) is 12.1 Å². The Morgan fingerprint density at radius 3 is 2.83 bits per heavy atom. The van der Waals surface area contributed by atoms with Crippen molar-refractivity contribution in [2.75, 3.05) is 26.2 Å². The lowest BCUT2D eigenvalue weighted by Crippen LogP contribution is -2.53. The Morgan fingerprint density at radius 1 is 1.39 bits per heavy atom. The van der Waals surface area contributed by atoms with Crippen molar-refractivity contribution in [3.05, 3.63) is 0 Å². The van der Waals surface area contributed by atoms with Crippen LogP contribution in [0.1, 0.15) is 39.5 Å². The Labute approximate surface area is 110 Å². The molecule has 3 unspecified atom stereocenters. The zero-order chi connectivity index (χ0) is 13.0. The molecule has 2 fully saturated rings. The van der Waals surface area contributed by atoms with E-state index in [9.17, 15) is 4.79 Å². The molecule has 0 aromatic rings. The highest BCUT2D eigenvalue weighted by Gasteiger charge is 2.31. The van der Waals surface area contributed by atoms with Gasteiger partial charge in [0.2, 0.25) is 5.91 Å². The average molecular weight is 254 g/mol. The van der Waals surface area contributed by atoms with Crippen LogP contribution in [0.15, 0.2) is 0 Å². The van der Waals surface area contributed by atoms with Crippen molar-refractivity contribution in [1.82, 2.24) is 10.2 Å². The fraction of sp³-hybridized carbons (Fsp3) is 0.929. The van der Waals surface area contributed by atoms with Gasteiger partial charge in [0, 0.05) is 19.7 Å². The van der Waals surface area contributed by atoms with Gasteiger partial charge in [0.15, 0.2) is 0 Å². The van der Waals surface area contributed by atoms with Crippen LogP contribution in [0.4, 0.5) is 0 Å². The minimum atomic E-state index is 0.0140. The van der Waals surface area contributed by atoms with Crippen LogP contribution in [0.5, 0.6) is 0 Å². The second-order valence-corrected chi connectivity index (χ2v) is 5.56. The van der Waals surface area contributed by atoms with Crippen molar-refractivity contribution in [3.63, 3.8) is 0 Å². The fourth-order valence-electron chi connectivity index (χ4n) is 2.99. The summed E-state index contributed by atoms with van der Waals surface area (Å²) < 4.78 is 5.64. The van der Waals surface area contributed by atoms with Crippen molar-refractivity contribution < 1.29 is 9.53 Å². The number of nitrogens with zero attached hydrogens (tertiary/aromatic N) is 1. The van der Waals surface area contributed by atoms with Gasteiger partial charge in [-0.05, 0) is 45.1 Å². The first-order valence-corrected chi connectivity index (χ1v) is 7.36. The molecule has 0 aliphatic carbocycles. The van der Waals surface area contributed by atoms with Gasteiger partial charge in [0.25, 0.3) is 0 Å². The fourth-order valence-corrected chi connectivity index (χ4v) is 2.99. The van der Waals surface area contributed by atoms with Gasteiger partial charge < -0.3 is 15.0 Å². The third-order valence-corrected chi connectivity index (χ3v) is 4.18. The highest BCUT2D eigenvalue weighted by atomic mass is 16.5. The number of nitrogens with one attached hydrogen (secondary N) is 1. The van der Waals surface area contributed by atoms with Crippen LogP contribution < -0.4 is 5.32 Å². The summed E-state index contributed by atoms with van der Waals surface area (Å²) in [4.78, 5) is 14.5. The van der Waals surface area contributed by atoms with Crippen molar-refractivity contribution in [2.45, 2.75) is 51.7 Å². The maximum Gasteiger partial charge on any atom is 0.240 e. The van der Waals surface area contributed by atoms with Gasteiger partial charge in [-0.3, -0.25) is 4.79 Å². The van der Waals surface area contributed by atoms with Gasteiger partial charge >= 0.3 is 0 Å². The summed E-state index contributed by atoms with van der Waals surface area (Å²) in [5, 5.41) is 3.38. The highest BCUT2D eigenvalue weighted by Crippen LogP contribution is 2.19. The second-order valence-electron chi connectivity index (χ2n) is 5.56. The van der Waals surface area contributed by atoms with E-state index in [2.05, 4.69) is 19.2 Å². The van der Waals surface area contributed by atoms with Crippen LogP contribution in [-0.4, -0.2) is 49.2 Å². The molecule has 0 spiro atoms. The molecule has 0 bridgehead atoms. The Bertz CT molecular complexity index is 277. The largest absolute Gasteiger partial charge is 0.376 e. The number of likely N-dealkylation sites (N-methyl/N-ethyl adjacent to an activating group) is 1. The minimum Gasteiger partial charge on any atom is -0.376 e. The van der Waals surface area contributed by atoms with Crippen LogP contribution in [-0.2, 0) is 9.53 Å². The number of rotatable bonds is 4. The molecule has 2 aliphatic heterocycles. The lowest BCUT2D eigenvalue weighted by molar-refractivity contribution is -0.136. The normalized spacial score (nSPS) is 32.4. The topological polar surface area (TPSA) is 41.6 Å². The highest BCUT2D eigenvalue weighted by molar-refractivity contribution is 5.82. The molecule has 4 nitrogen and oxygen atoms in total. The molecule has 0 aromatic carbocycles. The molecule has 4 heteroatoms. The smallest absolute Gasteiger partial charge is 0.240 e. The van der Waals surface area contributed by atoms with Crippen LogP contribution >= 0.6 is 0 Å². The number of carbonyl (C=O) groups is 1. The van der Waals surface area contributed by atoms with Crippen LogP contribution in [0.3, 0.4) is 0 Å². The molecule has 3 atom stereocenters. The summed E-state index contributed by atoms with van der Waals surface area (Å²) in [6.07, 6.45) is 4.82. The molecule has 2 saturated heterocycles. The van der Waals surface area contributed by atoms with Crippen molar-refractivity contribution >= 4 is 5.91 Å². The van der Waals surface area contributed by atoms with Crippen molar-refractivity contribution in [3.8, 4) is 0 Å². The first-order chi connectivity index (χ1) is 8.72. The standard InChI is InChI=1S/C14H26N2O2/c1-3-16(10-12-7-5-9-18-12)14(17)13-11(2)6-4-8-15-13/h11-13,15H,3-10H2,1-2H3. The van der Waals surface area contributed by atoms with E-state index >= 15 is 0 Å². The summed E-state index contributed by atoms with van der Waals surface area (Å²) in [5.41, 5.74) is 0. The predicted molar refractivity (Wildman–Crippen MR) is 71.4 cm³/mol. The Hall–Kier alpha value is -0.610. The Balaban J connectivity index is 1.91. The predicted octanol–water partition coefficient (Wildman–Crippen LogP) is 1.40. The van der Waals surface area contributed by atoms with Gasteiger partial charge in [-0.1, -0.05) is 6.92 Å². The number of carbonyl (C=O) groups excluding carboxylic acids is 1. The lowest BCUT2D eigenvalue weighted by Gasteiger charge is -2.34. The second kappa shape index (κ2) is 6.53. The molecular formula is C14H26N2O2. The maximum atomic E-state index is 12.5. The summed E-state index contributed by atoms with van der Waals surface area (Å²) >= 11 is 0. The van der Waals surface area contributed by atoms with Gasteiger partial charge in [-0.2, -0.15) is 0 Å². The van der Waals surface area contributed by atoms with Crippen molar-refractivity contribution in [2.24, 2.45) is 5.92 Å². The number of hydrogen-bond acceptors (Lipinski definition) is 3. The van der Waals surface area contributed by atoms with Crippen molar-refractivity contribution in [1.29, 1.82) is 0 Å². The molecule has 2 aliphatic rings. The molecule has 18 heavy (non-hydrogen) atoms. The van der Waals surface area contributed by atoms with Gasteiger partial charge in [-0.25, -0.2) is 0 Å². The quantitative estimate of drug-likeness (QED) is 0.824. The third-order valence-electron chi connectivity index (χ3n) is 4.18. The van der Waals surface area contributed by atoms with Gasteiger partial charge in [0.1, 0.15) is 0 Å². The van der Waals surface area contributed by atoms with E-state index in [1.165, 1.54) is 6.42 Å². The number of amides is 1. The molecule has 0 aromatic heterocycles. The molecule has 0 radical (unpaired) electrons. The number of piperidine rings is 1. The molecule has 104 valence electrons. The minimum absolute atomic E-state index is 0.0140. The molecule has 1 N–H and O–H groups in total. The van der Waals surface area contributed by atoms with E-state index in [4.69, 9.17) is 4.74 Å². The van der Waals surface area contributed by atoms with E-state index in [0.717, 1.165) is 45.5 Å². The number of hydrogen-bond donors (Lipinski definition) is 1. The van der Waals surface area contributed by atoms with E-state index in [1.54, 1.807) is 0 Å². The van der Waals surface area contributed by atoms with Crippen LogP contribution in [0.25, 0.3) is 0 Å². The Morgan fingerprint density at radius 2 is 2.22 bits per heavy atom. The molecule has 2 rings (SSSR count). The summed E-state index contributed by atoms with van der Waals surface area (Å²) in [7, 11) is 0. The van der Waals surface area contributed by atoms with Crippen LogP contribution in [0.2, 0.25) is 0 Å². The first kappa shape index (κ1) is 13.8. The van der Waals surface area contributed by atoms with E-state index in [0.29, 0.717) is 5.92 Å². The maximum absolute atomic E-state index is 12.5. The Kier molecular flexibility index (Phi) is 5.01. The monoisotopic (exact) mass is 254 g/mol.